The number of aliphatic hydroxyl groups is 1. The van der Waals surface area contributed by atoms with Crippen molar-refractivity contribution in [3.05, 3.63) is 69.6 Å². The van der Waals surface area contributed by atoms with E-state index in [1.807, 2.05) is 57.2 Å². The summed E-state index contributed by atoms with van der Waals surface area (Å²) in [5.41, 5.74) is 4.92. The first kappa shape index (κ1) is 18.4. The molecule has 2 amide bonds. The van der Waals surface area contributed by atoms with Crippen LogP contribution in [0.5, 0.6) is 0 Å². The highest BCUT2D eigenvalue weighted by Crippen LogP contribution is 2.38. The second-order valence-corrected chi connectivity index (χ2v) is 7.46. The Bertz CT molecular complexity index is 900. The molecule has 1 heterocycles. The Morgan fingerprint density at radius 1 is 0.923 bits per heavy atom. The van der Waals surface area contributed by atoms with Gasteiger partial charge in [-0.25, -0.2) is 4.90 Å². The topological polar surface area (TPSA) is 57.6 Å². The van der Waals surface area contributed by atoms with Crippen molar-refractivity contribution in [2.24, 2.45) is 0 Å². The Labute approximate surface area is 157 Å². The summed E-state index contributed by atoms with van der Waals surface area (Å²) in [6.45, 7) is 5.87. The van der Waals surface area contributed by atoms with Gasteiger partial charge in [-0.05, 0) is 49.6 Å². The third-order valence-electron chi connectivity index (χ3n) is 4.47. The zero-order valence-corrected chi connectivity index (χ0v) is 15.9. The van der Waals surface area contributed by atoms with Crippen molar-refractivity contribution >= 4 is 34.8 Å². The molecule has 2 aromatic carbocycles. The van der Waals surface area contributed by atoms with E-state index in [9.17, 15) is 9.59 Å². The summed E-state index contributed by atoms with van der Waals surface area (Å²) in [5.74, 6) is -0.278. The molecule has 2 aromatic rings. The van der Waals surface area contributed by atoms with Crippen molar-refractivity contribution in [3.8, 4) is 0 Å². The third kappa shape index (κ3) is 3.32. The molecule has 3 rings (SSSR count). The lowest BCUT2D eigenvalue weighted by Crippen LogP contribution is -2.31. The number of carbonyl (C=O) groups is 2. The molecule has 0 saturated heterocycles. The van der Waals surface area contributed by atoms with Crippen LogP contribution in [0.3, 0.4) is 0 Å². The summed E-state index contributed by atoms with van der Waals surface area (Å²) in [5, 5.41) is 9.17. The van der Waals surface area contributed by atoms with E-state index in [2.05, 4.69) is 0 Å². The zero-order chi connectivity index (χ0) is 18.8. The molecule has 0 aliphatic carbocycles. The number of amides is 2. The van der Waals surface area contributed by atoms with Crippen LogP contribution in [0.2, 0.25) is 0 Å². The maximum Gasteiger partial charge on any atom is 0.272 e. The van der Waals surface area contributed by atoms with Gasteiger partial charge in [0.05, 0.1) is 22.8 Å². The van der Waals surface area contributed by atoms with Gasteiger partial charge in [0.25, 0.3) is 11.8 Å². The van der Waals surface area contributed by atoms with Gasteiger partial charge in [-0.1, -0.05) is 35.9 Å². The smallest absolute Gasteiger partial charge is 0.272 e. The maximum absolute atomic E-state index is 13.1. The van der Waals surface area contributed by atoms with Crippen molar-refractivity contribution in [2.45, 2.75) is 20.8 Å². The number of hydrogen-bond acceptors (Lipinski definition) is 4. The number of aliphatic hydroxyl groups excluding tert-OH is 1. The Balaban J connectivity index is 2.07. The molecule has 4 nitrogen and oxygen atoms in total. The van der Waals surface area contributed by atoms with Gasteiger partial charge < -0.3 is 5.11 Å². The van der Waals surface area contributed by atoms with Crippen LogP contribution in [0.15, 0.2) is 47.4 Å². The van der Waals surface area contributed by atoms with Crippen molar-refractivity contribution in [1.82, 2.24) is 0 Å². The lowest BCUT2D eigenvalue weighted by Gasteiger charge is -2.16. The van der Waals surface area contributed by atoms with Crippen LogP contribution in [-0.2, 0) is 9.59 Å². The maximum atomic E-state index is 13.1. The van der Waals surface area contributed by atoms with Crippen LogP contribution < -0.4 is 4.90 Å². The van der Waals surface area contributed by atoms with E-state index in [1.54, 1.807) is 6.07 Å². The lowest BCUT2D eigenvalue weighted by atomic mass is 10.0. The predicted octanol–water partition coefficient (Wildman–Crippen LogP) is 3.62. The monoisotopic (exact) mass is 367 g/mol. The van der Waals surface area contributed by atoms with Gasteiger partial charge in [0.15, 0.2) is 0 Å². The van der Waals surface area contributed by atoms with E-state index in [0.717, 1.165) is 22.3 Å². The fourth-order valence-corrected chi connectivity index (χ4v) is 3.72. The highest BCUT2D eigenvalue weighted by molar-refractivity contribution is 8.04. The minimum Gasteiger partial charge on any atom is -0.396 e. The molecular formula is C21H21NO3S. The number of benzene rings is 2. The quantitative estimate of drug-likeness (QED) is 0.820. The first-order valence-electron chi connectivity index (χ1n) is 8.45. The summed E-state index contributed by atoms with van der Waals surface area (Å²) in [7, 11) is 0. The first-order chi connectivity index (χ1) is 12.4. The Morgan fingerprint density at radius 3 is 2.23 bits per heavy atom. The average Bonchev–Trinajstić information content (AvgIpc) is 2.86. The van der Waals surface area contributed by atoms with Crippen LogP contribution >= 0.6 is 11.8 Å². The third-order valence-corrected chi connectivity index (χ3v) is 5.52. The Kier molecular flexibility index (Phi) is 5.30. The second kappa shape index (κ2) is 7.48. The number of rotatable bonds is 5. The highest BCUT2D eigenvalue weighted by atomic mass is 32.2. The van der Waals surface area contributed by atoms with Crippen LogP contribution in [0, 0.1) is 20.8 Å². The number of nitrogens with zero attached hydrogens (tertiary/aromatic N) is 1. The van der Waals surface area contributed by atoms with E-state index < -0.39 is 0 Å². The number of thioether (sulfide) groups is 1. The molecule has 0 atom stereocenters. The van der Waals surface area contributed by atoms with Crippen LogP contribution in [0.4, 0.5) is 5.69 Å². The molecule has 1 aliphatic heterocycles. The minimum atomic E-state index is -0.327. The Morgan fingerprint density at radius 2 is 1.62 bits per heavy atom. The summed E-state index contributed by atoms with van der Waals surface area (Å²) in [6, 6.07) is 13.1. The number of imide groups is 1. The molecule has 0 aromatic heterocycles. The average molecular weight is 367 g/mol. The fourth-order valence-electron chi connectivity index (χ4n) is 2.87. The molecule has 0 fully saturated rings. The summed E-state index contributed by atoms with van der Waals surface area (Å²) >= 11 is 1.23. The standard InChI is InChI=1S/C21H21NO3S/c1-13-4-7-16(8-5-13)18-19(26-11-10-23)21(25)22(20(18)24)17-9-6-14(2)15(3)12-17/h4-9,12,23H,10-11H2,1-3H3. The lowest BCUT2D eigenvalue weighted by molar-refractivity contribution is -0.119. The van der Waals surface area contributed by atoms with Gasteiger partial charge in [0.2, 0.25) is 0 Å². The zero-order valence-electron chi connectivity index (χ0n) is 15.1. The summed E-state index contributed by atoms with van der Waals surface area (Å²) in [6.07, 6.45) is 0. The molecule has 1 aliphatic rings. The molecule has 0 saturated carbocycles. The normalized spacial score (nSPS) is 14.5. The van der Waals surface area contributed by atoms with E-state index in [-0.39, 0.29) is 18.4 Å². The molecule has 0 spiro atoms. The van der Waals surface area contributed by atoms with Gasteiger partial charge in [-0.2, -0.15) is 0 Å². The molecule has 26 heavy (non-hydrogen) atoms. The molecule has 134 valence electrons. The Hall–Kier alpha value is -2.37. The van der Waals surface area contributed by atoms with E-state index in [1.165, 1.54) is 16.7 Å². The number of anilines is 1. The molecule has 0 radical (unpaired) electrons. The van der Waals surface area contributed by atoms with Crippen LogP contribution in [-0.4, -0.2) is 29.3 Å². The van der Waals surface area contributed by atoms with Crippen molar-refractivity contribution in [1.29, 1.82) is 0 Å². The number of aryl methyl sites for hydroxylation is 3. The minimum absolute atomic E-state index is 0.0551. The first-order valence-corrected chi connectivity index (χ1v) is 9.43. The van der Waals surface area contributed by atoms with Gasteiger partial charge in [0.1, 0.15) is 0 Å². The van der Waals surface area contributed by atoms with E-state index in [4.69, 9.17) is 5.11 Å². The van der Waals surface area contributed by atoms with Gasteiger partial charge in [0, 0.05) is 5.75 Å². The summed E-state index contributed by atoms with van der Waals surface area (Å²) < 4.78 is 0. The molecule has 1 N–H and O–H groups in total. The van der Waals surface area contributed by atoms with E-state index in [0.29, 0.717) is 21.9 Å². The number of carbonyl (C=O) groups excluding carboxylic acids is 2. The van der Waals surface area contributed by atoms with Crippen molar-refractivity contribution < 1.29 is 14.7 Å². The predicted molar refractivity (Wildman–Crippen MR) is 106 cm³/mol. The van der Waals surface area contributed by atoms with Crippen molar-refractivity contribution in [2.75, 3.05) is 17.3 Å². The molecule has 5 heteroatoms. The number of hydrogen-bond donors (Lipinski definition) is 1. The van der Waals surface area contributed by atoms with Gasteiger partial charge >= 0.3 is 0 Å². The van der Waals surface area contributed by atoms with Crippen molar-refractivity contribution in [3.63, 3.8) is 0 Å². The molecular weight excluding hydrogens is 346 g/mol. The SMILES string of the molecule is Cc1ccc(C2=C(SCCO)C(=O)N(c3ccc(C)c(C)c3)C2=O)cc1. The highest BCUT2D eigenvalue weighted by Gasteiger charge is 2.40. The van der Waals surface area contributed by atoms with Crippen LogP contribution in [0.25, 0.3) is 5.57 Å². The van der Waals surface area contributed by atoms with Crippen LogP contribution in [0.1, 0.15) is 22.3 Å². The second-order valence-electron chi connectivity index (χ2n) is 6.36. The van der Waals surface area contributed by atoms with Gasteiger partial charge in [-0.15, -0.1) is 11.8 Å². The largest absolute Gasteiger partial charge is 0.396 e. The van der Waals surface area contributed by atoms with Gasteiger partial charge in [-0.3, -0.25) is 9.59 Å². The summed E-state index contributed by atoms with van der Waals surface area (Å²) in [4.78, 5) is 27.8. The van der Waals surface area contributed by atoms with E-state index >= 15 is 0 Å². The molecule has 0 bridgehead atoms. The fraction of sp³-hybridized carbons (Fsp3) is 0.238. The molecule has 0 unspecified atom stereocenters.